The standard InChI is InChI=1S/C12H9NO4/c1-8-2-4-9(5-3-8)12(14)10-6-7-11(17-10)13(15)16/h2-7H,1H3. The van der Waals surface area contributed by atoms with Gasteiger partial charge in [-0.3, -0.25) is 14.9 Å². The Hall–Kier alpha value is -2.43. The molecule has 0 aliphatic rings. The molecule has 0 amide bonds. The minimum atomic E-state index is -0.675. The number of nitro groups is 1. The molecule has 5 heteroatoms. The van der Waals surface area contributed by atoms with Crippen LogP contribution in [0.3, 0.4) is 0 Å². The van der Waals surface area contributed by atoms with Gasteiger partial charge in [-0.05, 0) is 13.0 Å². The Labute approximate surface area is 96.8 Å². The Morgan fingerprint density at radius 3 is 2.35 bits per heavy atom. The molecule has 0 aliphatic heterocycles. The van der Waals surface area contributed by atoms with E-state index >= 15 is 0 Å². The fourth-order valence-corrected chi connectivity index (χ4v) is 1.40. The first-order valence-electron chi connectivity index (χ1n) is 4.93. The lowest BCUT2D eigenvalue weighted by atomic mass is 10.1. The first kappa shape index (κ1) is 11.1. The van der Waals surface area contributed by atoms with Crippen LogP contribution in [0.5, 0.6) is 0 Å². The number of carbonyl (C=O) groups is 1. The maximum absolute atomic E-state index is 11.9. The second-order valence-corrected chi connectivity index (χ2v) is 3.59. The molecule has 2 aromatic rings. The van der Waals surface area contributed by atoms with E-state index in [0.717, 1.165) is 5.56 Å². The van der Waals surface area contributed by atoms with Crippen LogP contribution in [0.4, 0.5) is 5.88 Å². The fraction of sp³-hybridized carbons (Fsp3) is 0.0833. The zero-order chi connectivity index (χ0) is 12.4. The van der Waals surface area contributed by atoms with Crippen LogP contribution in [0.15, 0.2) is 40.8 Å². The molecule has 0 N–H and O–H groups in total. The first-order chi connectivity index (χ1) is 8.08. The molecule has 1 aromatic carbocycles. The molecule has 0 aliphatic carbocycles. The zero-order valence-electron chi connectivity index (χ0n) is 9.04. The molecular formula is C12H9NO4. The summed E-state index contributed by atoms with van der Waals surface area (Å²) in [6.07, 6.45) is 0. The van der Waals surface area contributed by atoms with Crippen molar-refractivity contribution in [2.24, 2.45) is 0 Å². The van der Waals surface area contributed by atoms with E-state index in [1.165, 1.54) is 12.1 Å². The summed E-state index contributed by atoms with van der Waals surface area (Å²) in [7, 11) is 0. The Kier molecular flexibility index (Phi) is 2.74. The molecule has 1 heterocycles. The topological polar surface area (TPSA) is 73.3 Å². The second kappa shape index (κ2) is 4.21. The van der Waals surface area contributed by atoms with Gasteiger partial charge in [-0.1, -0.05) is 29.8 Å². The quantitative estimate of drug-likeness (QED) is 0.462. The van der Waals surface area contributed by atoms with E-state index in [0.29, 0.717) is 5.56 Å². The summed E-state index contributed by atoms with van der Waals surface area (Å²) < 4.78 is 4.84. The van der Waals surface area contributed by atoms with E-state index in [1.54, 1.807) is 24.3 Å². The van der Waals surface area contributed by atoms with Gasteiger partial charge in [0.1, 0.15) is 4.92 Å². The molecule has 0 atom stereocenters. The maximum Gasteiger partial charge on any atom is 0.433 e. The summed E-state index contributed by atoms with van der Waals surface area (Å²) in [6.45, 7) is 1.91. The average molecular weight is 231 g/mol. The van der Waals surface area contributed by atoms with Gasteiger partial charge in [-0.25, -0.2) is 0 Å². The SMILES string of the molecule is Cc1ccc(C(=O)c2ccc([N+](=O)[O-])o2)cc1. The van der Waals surface area contributed by atoms with Gasteiger partial charge >= 0.3 is 5.88 Å². The van der Waals surface area contributed by atoms with Gasteiger partial charge in [0.15, 0.2) is 5.76 Å². The highest BCUT2D eigenvalue weighted by Gasteiger charge is 2.18. The molecule has 1 aromatic heterocycles. The number of hydrogen-bond donors (Lipinski definition) is 0. The Morgan fingerprint density at radius 2 is 1.82 bits per heavy atom. The van der Waals surface area contributed by atoms with E-state index in [4.69, 9.17) is 4.42 Å². The van der Waals surface area contributed by atoms with Crippen LogP contribution in [0.2, 0.25) is 0 Å². The van der Waals surface area contributed by atoms with E-state index in [9.17, 15) is 14.9 Å². The second-order valence-electron chi connectivity index (χ2n) is 3.59. The van der Waals surface area contributed by atoms with E-state index in [1.807, 2.05) is 6.92 Å². The van der Waals surface area contributed by atoms with Crippen molar-refractivity contribution in [3.05, 3.63) is 63.4 Å². The van der Waals surface area contributed by atoms with Crippen molar-refractivity contribution in [3.63, 3.8) is 0 Å². The Bertz CT molecular complexity index is 568. The highest BCUT2D eigenvalue weighted by Crippen LogP contribution is 2.18. The van der Waals surface area contributed by atoms with Crippen LogP contribution in [0.25, 0.3) is 0 Å². The number of hydrogen-bond acceptors (Lipinski definition) is 4. The number of nitrogens with zero attached hydrogens (tertiary/aromatic N) is 1. The van der Waals surface area contributed by atoms with Crippen molar-refractivity contribution in [1.29, 1.82) is 0 Å². The molecule has 0 radical (unpaired) electrons. The molecule has 86 valence electrons. The molecule has 0 spiro atoms. The van der Waals surface area contributed by atoms with Gasteiger partial charge in [0, 0.05) is 5.56 Å². The lowest BCUT2D eigenvalue weighted by Crippen LogP contribution is -1.99. The lowest BCUT2D eigenvalue weighted by Gasteiger charge is -1.97. The third-order valence-electron chi connectivity index (χ3n) is 2.31. The average Bonchev–Trinajstić information content (AvgIpc) is 2.78. The van der Waals surface area contributed by atoms with Gasteiger partial charge in [0.05, 0.1) is 6.07 Å². The van der Waals surface area contributed by atoms with Crippen molar-refractivity contribution in [1.82, 2.24) is 0 Å². The van der Waals surface area contributed by atoms with Gasteiger partial charge < -0.3 is 4.42 Å². The largest absolute Gasteiger partial charge is 0.433 e. The highest BCUT2D eigenvalue weighted by molar-refractivity contribution is 6.07. The van der Waals surface area contributed by atoms with Gasteiger partial charge in [-0.15, -0.1) is 0 Å². The maximum atomic E-state index is 11.9. The zero-order valence-corrected chi connectivity index (χ0v) is 9.04. The number of ketones is 1. The van der Waals surface area contributed by atoms with Crippen LogP contribution in [0, 0.1) is 17.0 Å². The molecular weight excluding hydrogens is 222 g/mol. The molecule has 0 saturated carbocycles. The van der Waals surface area contributed by atoms with Crippen molar-refractivity contribution in [2.45, 2.75) is 6.92 Å². The number of aryl methyl sites for hydroxylation is 1. The molecule has 17 heavy (non-hydrogen) atoms. The van der Waals surface area contributed by atoms with Crippen molar-refractivity contribution in [3.8, 4) is 0 Å². The van der Waals surface area contributed by atoms with Crippen LogP contribution in [0.1, 0.15) is 21.7 Å². The Morgan fingerprint density at radius 1 is 1.18 bits per heavy atom. The van der Waals surface area contributed by atoms with Crippen LogP contribution in [-0.2, 0) is 0 Å². The van der Waals surface area contributed by atoms with Crippen molar-refractivity contribution in [2.75, 3.05) is 0 Å². The number of carbonyl (C=O) groups excluding carboxylic acids is 1. The van der Waals surface area contributed by atoms with Crippen LogP contribution < -0.4 is 0 Å². The lowest BCUT2D eigenvalue weighted by molar-refractivity contribution is -0.402. The summed E-state index contributed by atoms with van der Waals surface area (Å²) >= 11 is 0. The molecule has 0 unspecified atom stereocenters. The molecule has 0 bridgehead atoms. The number of furan rings is 1. The van der Waals surface area contributed by atoms with E-state index in [2.05, 4.69) is 0 Å². The summed E-state index contributed by atoms with van der Waals surface area (Å²) in [5.41, 5.74) is 1.48. The van der Waals surface area contributed by atoms with Crippen molar-refractivity contribution < 1.29 is 14.1 Å². The molecule has 2 rings (SSSR count). The highest BCUT2D eigenvalue weighted by atomic mass is 16.6. The normalized spacial score (nSPS) is 10.2. The molecule has 5 nitrogen and oxygen atoms in total. The summed E-state index contributed by atoms with van der Waals surface area (Å²) in [4.78, 5) is 21.6. The van der Waals surface area contributed by atoms with Crippen molar-refractivity contribution >= 4 is 11.7 Å². The summed E-state index contributed by atoms with van der Waals surface area (Å²) in [5.74, 6) is -0.820. The molecule has 0 fully saturated rings. The predicted molar refractivity (Wildman–Crippen MR) is 60.0 cm³/mol. The Balaban J connectivity index is 2.30. The first-order valence-corrected chi connectivity index (χ1v) is 4.93. The summed E-state index contributed by atoms with van der Waals surface area (Å²) in [5, 5.41) is 10.4. The molecule has 0 saturated heterocycles. The predicted octanol–water partition coefficient (Wildman–Crippen LogP) is 2.73. The third-order valence-corrected chi connectivity index (χ3v) is 2.31. The van der Waals surface area contributed by atoms with E-state index in [-0.39, 0.29) is 11.5 Å². The summed E-state index contributed by atoms with van der Waals surface area (Å²) in [6, 6.07) is 9.38. The van der Waals surface area contributed by atoms with Gasteiger partial charge in [-0.2, -0.15) is 0 Å². The van der Waals surface area contributed by atoms with Crippen LogP contribution >= 0.6 is 0 Å². The smallest absolute Gasteiger partial charge is 0.397 e. The number of benzene rings is 1. The minimum absolute atomic E-state index is 0.0273. The number of rotatable bonds is 3. The monoisotopic (exact) mass is 231 g/mol. The van der Waals surface area contributed by atoms with E-state index < -0.39 is 10.8 Å². The van der Waals surface area contributed by atoms with Gasteiger partial charge in [0.2, 0.25) is 5.78 Å². The van der Waals surface area contributed by atoms with Crippen LogP contribution in [-0.4, -0.2) is 10.7 Å². The minimum Gasteiger partial charge on any atom is -0.397 e. The fourth-order valence-electron chi connectivity index (χ4n) is 1.40. The van der Waals surface area contributed by atoms with Gasteiger partial charge in [0.25, 0.3) is 0 Å². The third kappa shape index (κ3) is 2.23.